The van der Waals surface area contributed by atoms with Gasteiger partial charge in [0.05, 0.1) is 29.2 Å². The van der Waals surface area contributed by atoms with Gasteiger partial charge < -0.3 is 20.4 Å². The van der Waals surface area contributed by atoms with Crippen LogP contribution in [0.1, 0.15) is 54.7 Å². The number of benzene rings is 1. The number of nitrogens with two attached hydrogens (primary N) is 1. The average molecular weight is 499 g/mol. The van der Waals surface area contributed by atoms with Crippen LogP contribution < -0.4 is 11.1 Å². The summed E-state index contributed by atoms with van der Waals surface area (Å²) in [6.07, 6.45) is 2.56. The number of hydrogen-bond donors (Lipinski definition) is 2. The number of nitrogens with one attached hydrogen (secondary N) is 1. The van der Waals surface area contributed by atoms with E-state index < -0.39 is 29.2 Å². The van der Waals surface area contributed by atoms with Gasteiger partial charge in [0.2, 0.25) is 0 Å². The minimum absolute atomic E-state index is 0.0115. The maximum atomic E-state index is 14.8. The number of rotatable bonds is 6. The minimum atomic E-state index is -3.77. The largest absolute Gasteiger partial charge is 0.462 e. The van der Waals surface area contributed by atoms with Crippen LogP contribution in [0.25, 0.3) is 0 Å². The van der Waals surface area contributed by atoms with Crippen molar-refractivity contribution in [3.05, 3.63) is 46.8 Å². The number of imidazole rings is 1. The van der Waals surface area contributed by atoms with Crippen LogP contribution in [0.5, 0.6) is 0 Å². The van der Waals surface area contributed by atoms with Gasteiger partial charge in [0.15, 0.2) is 0 Å². The summed E-state index contributed by atoms with van der Waals surface area (Å²) in [7, 11) is 1.68. The molecule has 184 valence electrons. The Bertz CT molecular complexity index is 1110. The van der Waals surface area contributed by atoms with Gasteiger partial charge in [-0.2, -0.15) is 8.78 Å². The number of carbonyl (C=O) groups excluding carboxylic acids is 2. The topological polar surface area (TPSA) is 99.2 Å². The molecule has 7 nitrogen and oxygen atoms in total. The van der Waals surface area contributed by atoms with E-state index in [2.05, 4.69) is 15.0 Å². The number of anilines is 1. The first kappa shape index (κ1) is 24.5. The van der Waals surface area contributed by atoms with Crippen molar-refractivity contribution in [3.63, 3.8) is 0 Å². The van der Waals surface area contributed by atoms with Gasteiger partial charge >= 0.3 is 11.9 Å². The maximum Gasteiger partial charge on any atom is 0.379 e. The molecular formula is C23H26ClF3N4O3. The molecule has 0 saturated heterocycles. The van der Waals surface area contributed by atoms with Gasteiger partial charge in [0.25, 0.3) is 5.91 Å². The van der Waals surface area contributed by atoms with E-state index in [1.165, 1.54) is 25.4 Å². The first-order chi connectivity index (χ1) is 16.0. The Kier molecular flexibility index (Phi) is 6.41. The monoisotopic (exact) mass is 498 g/mol. The minimum Gasteiger partial charge on any atom is -0.462 e. The van der Waals surface area contributed by atoms with Crippen molar-refractivity contribution in [3.8, 4) is 0 Å². The quantitative estimate of drug-likeness (QED) is 0.580. The maximum absolute atomic E-state index is 14.8. The van der Waals surface area contributed by atoms with E-state index in [4.69, 9.17) is 17.3 Å². The molecule has 2 aliphatic carbocycles. The second kappa shape index (κ2) is 8.88. The van der Waals surface area contributed by atoms with Crippen LogP contribution in [-0.4, -0.2) is 39.5 Å². The lowest BCUT2D eigenvalue weighted by Crippen LogP contribution is -2.59. The van der Waals surface area contributed by atoms with Crippen molar-refractivity contribution in [2.75, 3.05) is 11.9 Å². The molecule has 3 N–H and O–H groups in total. The molecule has 0 aliphatic heterocycles. The molecule has 2 saturated carbocycles. The fourth-order valence-electron chi connectivity index (χ4n) is 5.42. The molecule has 2 aliphatic rings. The molecule has 2 aromatic rings. The van der Waals surface area contributed by atoms with Crippen molar-refractivity contribution in [2.45, 2.75) is 50.0 Å². The fraction of sp³-hybridized carbons (Fsp3) is 0.522. The van der Waals surface area contributed by atoms with Gasteiger partial charge in [0.1, 0.15) is 11.5 Å². The van der Waals surface area contributed by atoms with E-state index in [0.717, 1.165) is 6.07 Å². The molecule has 0 radical (unpaired) electrons. The van der Waals surface area contributed by atoms with E-state index in [0.29, 0.717) is 29.9 Å². The summed E-state index contributed by atoms with van der Waals surface area (Å²) in [4.78, 5) is 29.3. The van der Waals surface area contributed by atoms with Gasteiger partial charge in [-0.25, -0.2) is 14.2 Å². The highest BCUT2D eigenvalue weighted by molar-refractivity contribution is 6.31. The fourth-order valence-corrected chi connectivity index (χ4v) is 5.60. The molecule has 34 heavy (non-hydrogen) atoms. The van der Waals surface area contributed by atoms with Crippen LogP contribution in [0.2, 0.25) is 5.02 Å². The van der Waals surface area contributed by atoms with Crippen molar-refractivity contribution >= 4 is 29.2 Å². The zero-order valence-corrected chi connectivity index (χ0v) is 19.5. The molecule has 1 heterocycles. The number of nitrogens with zero attached hydrogens (tertiary/aromatic N) is 2. The lowest BCUT2D eigenvalue weighted by molar-refractivity contribution is -0.182. The Balaban J connectivity index is 1.49. The molecular weight excluding hydrogens is 473 g/mol. The van der Waals surface area contributed by atoms with Gasteiger partial charge in [0, 0.05) is 18.7 Å². The number of hydrogen-bond acceptors (Lipinski definition) is 5. The van der Waals surface area contributed by atoms with Gasteiger partial charge in [-0.1, -0.05) is 11.6 Å². The molecule has 1 aromatic heterocycles. The van der Waals surface area contributed by atoms with Crippen LogP contribution in [0, 0.1) is 17.7 Å². The molecule has 2 atom stereocenters. The summed E-state index contributed by atoms with van der Waals surface area (Å²) in [5, 5.41) is 2.59. The molecule has 11 heteroatoms. The lowest BCUT2D eigenvalue weighted by atomic mass is 9.85. The summed E-state index contributed by atoms with van der Waals surface area (Å²) < 4.78 is 49.1. The van der Waals surface area contributed by atoms with Gasteiger partial charge in [-0.05, 0) is 62.6 Å². The predicted octanol–water partition coefficient (Wildman–Crippen LogP) is 4.26. The highest BCUT2D eigenvalue weighted by atomic mass is 35.5. The van der Waals surface area contributed by atoms with E-state index in [1.54, 1.807) is 11.6 Å². The van der Waals surface area contributed by atoms with Gasteiger partial charge in [-0.15, -0.1) is 0 Å². The number of fused-ring (bicyclic) bond motifs is 1. The molecule has 4 rings (SSSR count). The van der Waals surface area contributed by atoms with Crippen LogP contribution in [0.3, 0.4) is 0 Å². The molecule has 0 spiro atoms. The van der Waals surface area contributed by atoms with E-state index >= 15 is 0 Å². The second-order valence-corrected chi connectivity index (χ2v) is 9.63. The summed E-state index contributed by atoms with van der Waals surface area (Å²) >= 11 is 5.80. The summed E-state index contributed by atoms with van der Waals surface area (Å²) in [6.45, 7) is 1.32. The Labute approximate surface area is 199 Å². The number of esters is 1. The third kappa shape index (κ3) is 4.17. The molecule has 0 bridgehead atoms. The normalized spacial score (nSPS) is 26.4. The van der Waals surface area contributed by atoms with E-state index in [1.807, 2.05) is 0 Å². The zero-order valence-electron chi connectivity index (χ0n) is 18.8. The summed E-state index contributed by atoms with van der Waals surface area (Å²) in [6, 6.07) is 3.88. The highest BCUT2D eigenvalue weighted by Gasteiger charge is 2.64. The van der Waals surface area contributed by atoms with Crippen molar-refractivity contribution in [2.24, 2.45) is 24.6 Å². The number of amides is 1. The van der Waals surface area contributed by atoms with Crippen LogP contribution >= 0.6 is 11.6 Å². The Morgan fingerprint density at radius 3 is 2.56 bits per heavy atom. The number of halogens is 4. The summed E-state index contributed by atoms with van der Waals surface area (Å²) in [5.41, 5.74) is 5.35. The average Bonchev–Trinajstić information content (AvgIpc) is 3.42. The van der Waals surface area contributed by atoms with Crippen LogP contribution in [0.4, 0.5) is 18.9 Å². The standard InChI is InChI=1S/C23H26ClF3N4O3/c1-3-34-21(33)23(26,27)22(28)9-13-6-12(7-14(13)10-22)18-19(31(2)11-29-18)20(32)30-15-4-5-17(25)16(24)8-15/h4-5,8,11-14H,3,6-7,9-10,28H2,1-2H3,(H,30,32). The van der Waals surface area contributed by atoms with Crippen molar-refractivity contribution < 1.29 is 27.5 Å². The molecule has 1 amide bonds. The number of aromatic nitrogens is 2. The number of aryl methyl sites for hydroxylation is 1. The van der Waals surface area contributed by atoms with Crippen LogP contribution in [0.15, 0.2) is 24.5 Å². The number of carbonyl (C=O) groups is 2. The Morgan fingerprint density at radius 1 is 1.32 bits per heavy atom. The molecule has 2 unspecified atom stereocenters. The van der Waals surface area contributed by atoms with Crippen LogP contribution in [-0.2, 0) is 16.6 Å². The van der Waals surface area contributed by atoms with E-state index in [9.17, 15) is 22.8 Å². The third-order valence-electron chi connectivity index (χ3n) is 7.00. The lowest BCUT2D eigenvalue weighted by Gasteiger charge is -2.32. The third-order valence-corrected chi connectivity index (χ3v) is 7.29. The number of alkyl halides is 2. The first-order valence-electron chi connectivity index (χ1n) is 11.1. The zero-order chi connectivity index (χ0) is 24.8. The molecule has 1 aromatic carbocycles. The van der Waals surface area contributed by atoms with E-state index in [-0.39, 0.29) is 42.2 Å². The van der Waals surface area contributed by atoms with Crippen molar-refractivity contribution in [1.29, 1.82) is 0 Å². The predicted molar refractivity (Wildman–Crippen MR) is 119 cm³/mol. The summed E-state index contributed by atoms with van der Waals surface area (Å²) in [5.74, 6) is -6.74. The second-order valence-electron chi connectivity index (χ2n) is 9.22. The number of ether oxygens (including phenoxy) is 1. The van der Waals surface area contributed by atoms with Gasteiger partial charge in [-0.3, -0.25) is 4.79 Å². The SMILES string of the molecule is CCOC(=O)C(F)(F)C1(N)CC2CC(c3ncn(C)c3C(=O)Nc3ccc(F)c(Cl)c3)CC2C1. The Morgan fingerprint density at radius 2 is 1.97 bits per heavy atom. The highest BCUT2D eigenvalue weighted by Crippen LogP contribution is 2.56. The van der Waals surface area contributed by atoms with Crippen molar-refractivity contribution in [1.82, 2.24) is 9.55 Å². The smallest absolute Gasteiger partial charge is 0.379 e. The first-order valence-corrected chi connectivity index (χ1v) is 11.5. The molecule has 2 fully saturated rings. The Hall–Kier alpha value is -2.59.